The van der Waals surface area contributed by atoms with E-state index in [2.05, 4.69) is 24.8 Å². The van der Waals surface area contributed by atoms with Crippen LogP contribution in [-0.4, -0.2) is 54.4 Å². The Kier molecular flexibility index (Phi) is 5.90. The molecule has 0 radical (unpaired) electrons. The number of hydrogen-bond acceptors (Lipinski definition) is 6. The molecule has 3 aliphatic rings. The van der Waals surface area contributed by atoms with Crippen LogP contribution in [0.3, 0.4) is 0 Å². The third kappa shape index (κ3) is 4.43. The number of aryl methyl sites for hydroxylation is 1. The lowest BCUT2D eigenvalue weighted by atomic mass is 10.2. The molecule has 7 rings (SSSR count). The van der Waals surface area contributed by atoms with Crippen LogP contribution in [0.5, 0.6) is 0 Å². The van der Waals surface area contributed by atoms with Crippen molar-refractivity contribution in [2.75, 3.05) is 22.5 Å². The monoisotopic (exact) mass is 556 g/mol. The summed E-state index contributed by atoms with van der Waals surface area (Å²) in [5.41, 5.74) is 8.88. The zero-order valence-electron chi connectivity index (χ0n) is 22.0. The number of benzene rings is 2. The molecule has 10 nitrogen and oxygen atoms in total. The van der Waals surface area contributed by atoms with Gasteiger partial charge in [0.05, 0.1) is 17.3 Å². The van der Waals surface area contributed by atoms with Crippen molar-refractivity contribution in [1.29, 1.82) is 0 Å². The maximum atomic E-state index is 14.0. The van der Waals surface area contributed by atoms with E-state index in [4.69, 9.17) is 17.3 Å². The first-order valence-electron chi connectivity index (χ1n) is 13.5. The van der Waals surface area contributed by atoms with E-state index in [1.54, 1.807) is 29.7 Å². The van der Waals surface area contributed by atoms with Gasteiger partial charge in [-0.2, -0.15) is 0 Å². The highest BCUT2D eigenvalue weighted by molar-refractivity contribution is 6.33. The Morgan fingerprint density at radius 2 is 1.70 bits per heavy atom. The van der Waals surface area contributed by atoms with Crippen molar-refractivity contribution < 1.29 is 9.59 Å². The quantitative estimate of drug-likeness (QED) is 0.328. The van der Waals surface area contributed by atoms with Gasteiger partial charge < -0.3 is 15.6 Å². The fourth-order valence-electron chi connectivity index (χ4n) is 5.54. The topological polar surface area (TPSA) is 114 Å². The molecule has 2 aromatic carbocycles. The maximum Gasteiger partial charge on any atom is 0.279 e. The molecular weight excluding hydrogens is 528 g/mol. The summed E-state index contributed by atoms with van der Waals surface area (Å²) in [5, 5.41) is 3.21. The van der Waals surface area contributed by atoms with Crippen LogP contribution >= 0.6 is 11.6 Å². The molecular formula is C29H29ClN8O2. The fourth-order valence-corrected chi connectivity index (χ4v) is 5.66. The van der Waals surface area contributed by atoms with Crippen LogP contribution in [0.15, 0.2) is 54.9 Å². The largest absolute Gasteiger partial charge is 0.397 e. The van der Waals surface area contributed by atoms with Gasteiger partial charge in [-0.1, -0.05) is 11.6 Å². The van der Waals surface area contributed by atoms with Gasteiger partial charge in [-0.05, 0) is 75.1 Å². The van der Waals surface area contributed by atoms with Crippen LogP contribution in [-0.2, 0) is 11.3 Å². The number of aromatic nitrogens is 4. The number of nitrogens with two attached hydrogens (primary N) is 1. The SMILES string of the molecule is Cc1nc2c(n1-c1ccc(Cl)c(N)c1)C(=O)N(c1ccc(-n3ccnc3CN(C3CC3)C3CC3)cc1)CC(=O)N2. The van der Waals surface area contributed by atoms with Gasteiger partial charge in [-0.3, -0.25) is 24.0 Å². The van der Waals surface area contributed by atoms with Gasteiger partial charge in [-0.15, -0.1) is 0 Å². The standard InChI is InChI=1S/C29H29ClN8O2/c1-17-33-28-27(38(17)22-10-11-23(30)24(31)14-22)29(40)37(16-26(39)34-28)21-8-2-18(3-9-21)35-13-12-32-25(35)15-36(19-4-5-19)20-6-7-20/h2-3,8-14,19-20H,4-7,15-16,31H2,1H3,(H,34,39). The summed E-state index contributed by atoms with van der Waals surface area (Å²) >= 11 is 6.13. The Balaban J connectivity index is 1.20. The number of nitrogens with zero attached hydrogens (tertiary/aromatic N) is 6. The van der Waals surface area contributed by atoms with Gasteiger partial charge in [0, 0.05) is 41.5 Å². The number of imidazole rings is 2. The van der Waals surface area contributed by atoms with Crippen molar-refractivity contribution in [2.24, 2.45) is 0 Å². The van der Waals surface area contributed by atoms with Gasteiger partial charge in [0.2, 0.25) is 5.91 Å². The van der Waals surface area contributed by atoms with Gasteiger partial charge >= 0.3 is 0 Å². The summed E-state index contributed by atoms with van der Waals surface area (Å²) in [7, 11) is 0. The molecule has 0 saturated heterocycles. The average molecular weight is 557 g/mol. The zero-order chi connectivity index (χ0) is 27.5. The molecule has 204 valence electrons. The minimum Gasteiger partial charge on any atom is -0.397 e. The predicted octanol–water partition coefficient (Wildman–Crippen LogP) is 4.33. The number of hydrogen-bond donors (Lipinski definition) is 2. The number of halogens is 1. The highest BCUT2D eigenvalue weighted by atomic mass is 35.5. The Hall–Kier alpha value is -4.15. The van der Waals surface area contributed by atoms with Crippen LogP contribution in [0.4, 0.5) is 17.2 Å². The van der Waals surface area contributed by atoms with Crippen LogP contribution in [0.25, 0.3) is 11.4 Å². The van der Waals surface area contributed by atoms with Crippen molar-refractivity contribution in [1.82, 2.24) is 24.0 Å². The summed E-state index contributed by atoms with van der Waals surface area (Å²) in [5.74, 6) is 1.09. The normalized spacial score (nSPS) is 17.2. The summed E-state index contributed by atoms with van der Waals surface area (Å²) in [6.07, 6.45) is 8.89. The van der Waals surface area contributed by atoms with Crippen LogP contribution < -0.4 is 16.0 Å². The molecule has 0 bridgehead atoms. The lowest BCUT2D eigenvalue weighted by Crippen LogP contribution is -2.36. The second-order valence-electron chi connectivity index (χ2n) is 10.7. The first-order chi connectivity index (χ1) is 19.4. The summed E-state index contributed by atoms with van der Waals surface area (Å²) in [6, 6.07) is 14.1. The van der Waals surface area contributed by atoms with E-state index in [0.717, 1.165) is 18.1 Å². The van der Waals surface area contributed by atoms with E-state index in [1.165, 1.54) is 30.6 Å². The van der Waals surface area contributed by atoms with Crippen molar-refractivity contribution in [3.8, 4) is 11.4 Å². The number of nitrogens with one attached hydrogen (secondary N) is 1. The summed E-state index contributed by atoms with van der Waals surface area (Å²) in [4.78, 5) is 40.0. The zero-order valence-corrected chi connectivity index (χ0v) is 22.8. The highest BCUT2D eigenvalue weighted by Gasteiger charge is 2.39. The first-order valence-corrected chi connectivity index (χ1v) is 13.9. The van der Waals surface area contributed by atoms with E-state index in [9.17, 15) is 9.59 Å². The van der Waals surface area contributed by atoms with E-state index in [0.29, 0.717) is 40.0 Å². The molecule has 40 heavy (non-hydrogen) atoms. The number of amides is 2. The average Bonchev–Trinajstić information content (AvgIpc) is 3.88. The lowest BCUT2D eigenvalue weighted by molar-refractivity contribution is -0.114. The Labute approximate surface area is 236 Å². The molecule has 1 aliphatic heterocycles. The van der Waals surface area contributed by atoms with E-state index in [-0.39, 0.29) is 29.9 Å². The molecule has 0 atom stereocenters. The molecule has 4 aromatic rings. The van der Waals surface area contributed by atoms with Gasteiger partial charge in [0.25, 0.3) is 5.91 Å². The van der Waals surface area contributed by atoms with Crippen molar-refractivity contribution >= 4 is 40.6 Å². The van der Waals surface area contributed by atoms with Crippen molar-refractivity contribution in [2.45, 2.75) is 51.2 Å². The number of fused-ring (bicyclic) bond motifs is 1. The Morgan fingerprint density at radius 3 is 2.38 bits per heavy atom. The minimum absolute atomic E-state index is 0.135. The number of carbonyl (C=O) groups excluding carboxylic acids is 2. The molecule has 3 heterocycles. The maximum absolute atomic E-state index is 14.0. The highest BCUT2D eigenvalue weighted by Crippen LogP contribution is 2.38. The number of anilines is 3. The molecule has 3 N–H and O–H groups in total. The number of carbonyl (C=O) groups is 2. The number of rotatable bonds is 7. The molecule has 0 spiro atoms. The van der Waals surface area contributed by atoms with Crippen molar-refractivity contribution in [3.05, 3.63) is 77.2 Å². The summed E-state index contributed by atoms with van der Waals surface area (Å²) < 4.78 is 3.79. The molecule has 2 amide bonds. The third-order valence-electron chi connectivity index (χ3n) is 7.80. The molecule has 2 fully saturated rings. The molecule has 0 unspecified atom stereocenters. The van der Waals surface area contributed by atoms with Gasteiger partial charge in [-0.25, -0.2) is 9.97 Å². The van der Waals surface area contributed by atoms with Gasteiger partial charge in [0.1, 0.15) is 18.2 Å². The first kappa shape index (κ1) is 24.9. The van der Waals surface area contributed by atoms with E-state index < -0.39 is 0 Å². The van der Waals surface area contributed by atoms with Crippen LogP contribution in [0.1, 0.15) is 47.8 Å². The van der Waals surface area contributed by atoms with Crippen LogP contribution in [0.2, 0.25) is 5.02 Å². The fraction of sp³-hybridized carbons (Fsp3) is 0.310. The Bertz CT molecular complexity index is 1620. The van der Waals surface area contributed by atoms with E-state index >= 15 is 0 Å². The molecule has 11 heteroatoms. The van der Waals surface area contributed by atoms with Crippen molar-refractivity contribution in [3.63, 3.8) is 0 Å². The van der Waals surface area contributed by atoms with Gasteiger partial charge in [0.15, 0.2) is 11.5 Å². The summed E-state index contributed by atoms with van der Waals surface area (Å²) in [6.45, 7) is 2.47. The minimum atomic E-state index is -0.344. The molecule has 2 saturated carbocycles. The second-order valence-corrected chi connectivity index (χ2v) is 11.1. The van der Waals surface area contributed by atoms with Crippen LogP contribution in [0, 0.1) is 6.92 Å². The molecule has 2 aromatic heterocycles. The second kappa shape index (κ2) is 9.50. The predicted molar refractivity (Wildman–Crippen MR) is 153 cm³/mol. The van der Waals surface area contributed by atoms with E-state index in [1.807, 2.05) is 36.7 Å². The smallest absolute Gasteiger partial charge is 0.279 e. The lowest BCUT2D eigenvalue weighted by Gasteiger charge is -2.23. The third-order valence-corrected chi connectivity index (χ3v) is 8.15. The Morgan fingerprint density at radius 1 is 1.02 bits per heavy atom. The molecule has 2 aliphatic carbocycles. The number of nitrogen functional groups attached to an aromatic ring is 1.